The van der Waals surface area contributed by atoms with Gasteiger partial charge in [0.25, 0.3) is 0 Å². The number of carbonyl (C=O) groups excluding carboxylic acids is 1. The number of hydrogen-bond acceptors (Lipinski definition) is 5. The van der Waals surface area contributed by atoms with Crippen LogP contribution in [0.4, 0.5) is 5.69 Å². The fourth-order valence-corrected chi connectivity index (χ4v) is 3.51. The summed E-state index contributed by atoms with van der Waals surface area (Å²) in [4.78, 5) is 14.7. The molecule has 1 aliphatic rings. The van der Waals surface area contributed by atoms with Crippen molar-refractivity contribution in [3.63, 3.8) is 0 Å². The number of nitrogens with zero attached hydrogens (tertiary/aromatic N) is 3. The van der Waals surface area contributed by atoms with Crippen molar-refractivity contribution < 1.29 is 13.9 Å². The Kier molecular flexibility index (Phi) is 4.62. The Bertz CT molecular complexity index is 967. The Morgan fingerprint density at radius 1 is 1.22 bits per heavy atom. The van der Waals surface area contributed by atoms with Crippen LogP contribution in [-0.2, 0) is 17.6 Å². The maximum absolute atomic E-state index is 12.8. The van der Waals surface area contributed by atoms with Crippen LogP contribution in [0.1, 0.15) is 24.8 Å². The van der Waals surface area contributed by atoms with Gasteiger partial charge in [-0.15, -0.1) is 10.2 Å². The van der Waals surface area contributed by atoms with Gasteiger partial charge in [0.05, 0.1) is 7.11 Å². The summed E-state index contributed by atoms with van der Waals surface area (Å²) in [6.45, 7) is 2.07. The highest BCUT2D eigenvalue weighted by atomic mass is 16.5. The van der Waals surface area contributed by atoms with E-state index in [0.717, 1.165) is 23.4 Å². The minimum Gasteiger partial charge on any atom is -0.497 e. The van der Waals surface area contributed by atoms with E-state index in [1.54, 1.807) is 7.11 Å². The standard InChI is InChI=1S/C21H21N3O3/c1-14-12-15-6-3-4-9-18(15)24(14)20(25)11-10-19-22-23-21(27-19)16-7-5-8-17(13-16)26-2/h3-9,13-14H,10-12H2,1-2H3. The number of amides is 1. The zero-order valence-corrected chi connectivity index (χ0v) is 15.4. The highest BCUT2D eigenvalue weighted by molar-refractivity contribution is 5.96. The van der Waals surface area contributed by atoms with Crippen molar-refractivity contribution in [3.8, 4) is 17.2 Å². The Labute approximate surface area is 157 Å². The molecule has 1 atom stereocenters. The van der Waals surface area contributed by atoms with Crippen molar-refractivity contribution in [2.45, 2.75) is 32.2 Å². The predicted molar refractivity (Wildman–Crippen MR) is 102 cm³/mol. The van der Waals surface area contributed by atoms with E-state index in [1.165, 1.54) is 5.56 Å². The van der Waals surface area contributed by atoms with Crippen molar-refractivity contribution in [2.24, 2.45) is 0 Å². The zero-order chi connectivity index (χ0) is 18.8. The maximum atomic E-state index is 12.8. The van der Waals surface area contributed by atoms with Crippen molar-refractivity contribution in [1.82, 2.24) is 10.2 Å². The average molecular weight is 363 g/mol. The first-order chi connectivity index (χ1) is 13.2. The van der Waals surface area contributed by atoms with Crippen LogP contribution in [-0.4, -0.2) is 29.3 Å². The minimum atomic E-state index is 0.0774. The Morgan fingerprint density at radius 3 is 2.93 bits per heavy atom. The molecule has 2 heterocycles. The lowest BCUT2D eigenvalue weighted by Crippen LogP contribution is -2.35. The summed E-state index contributed by atoms with van der Waals surface area (Å²) >= 11 is 0. The Hall–Kier alpha value is -3.15. The van der Waals surface area contributed by atoms with Crippen molar-refractivity contribution >= 4 is 11.6 Å². The summed E-state index contributed by atoms with van der Waals surface area (Å²) in [5.41, 5.74) is 3.02. The number of carbonyl (C=O) groups is 1. The van der Waals surface area contributed by atoms with Crippen LogP contribution in [0.2, 0.25) is 0 Å². The van der Waals surface area contributed by atoms with Gasteiger partial charge in [0, 0.05) is 30.1 Å². The SMILES string of the molecule is COc1cccc(-c2nnc(CCC(=O)N3c4ccccc4CC3C)o2)c1. The number of aromatic nitrogens is 2. The summed E-state index contributed by atoms with van der Waals surface area (Å²) in [6, 6.07) is 15.7. The summed E-state index contributed by atoms with van der Waals surface area (Å²) < 4.78 is 10.9. The van der Waals surface area contributed by atoms with Crippen LogP contribution in [0.15, 0.2) is 52.9 Å². The molecule has 27 heavy (non-hydrogen) atoms. The third-order valence-corrected chi connectivity index (χ3v) is 4.81. The average Bonchev–Trinajstić information content (AvgIpc) is 3.30. The summed E-state index contributed by atoms with van der Waals surface area (Å²) in [5, 5.41) is 8.17. The quantitative estimate of drug-likeness (QED) is 0.692. The van der Waals surface area contributed by atoms with Crippen LogP contribution in [0.3, 0.4) is 0 Å². The lowest BCUT2D eigenvalue weighted by Gasteiger charge is -2.22. The molecule has 138 valence electrons. The second-order valence-corrected chi connectivity index (χ2v) is 6.68. The third kappa shape index (κ3) is 3.43. The topological polar surface area (TPSA) is 68.5 Å². The summed E-state index contributed by atoms with van der Waals surface area (Å²) in [7, 11) is 1.61. The molecule has 0 bridgehead atoms. The molecule has 1 unspecified atom stereocenters. The molecule has 6 heteroatoms. The molecule has 1 aromatic heterocycles. The molecule has 0 spiro atoms. The van der Waals surface area contributed by atoms with Crippen LogP contribution in [0.25, 0.3) is 11.5 Å². The lowest BCUT2D eigenvalue weighted by atomic mass is 10.1. The van der Waals surface area contributed by atoms with Crippen LogP contribution in [0, 0.1) is 0 Å². The molecule has 0 N–H and O–H groups in total. The Morgan fingerprint density at radius 2 is 2.07 bits per heavy atom. The normalized spacial score (nSPS) is 15.6. The van der Waals surface area contributed by atoms with Gasteiger partial charge in [0.15, 0.2) is 0 Å². The van der Waals surface area contributed by atoms with E-state index >= 15 is 0 Å². The molecule has 1 amide bonds. The van der Waals surface area contributed by atoms with Gasteiger partial charge in [-0.2, -0.15) is 0 Å². The van der Waals surface area contributed by atoms with Crippen LogP contribution < -0.4 is 9.64 Å². The van der Waals surface area contributed by atoms with Crippen molar-refractivity contribution in [2.75, 3.05) is 12.0 Å². The lowest BCUT2D eigenvalue weighted by molar-refractivity contribution is -0.118. The van der Waals surface area contributed by atoms with E-state index in [-0.39, 0.29) is 11.9 Å². The van der Waals surface area contributed by atoms with Gasteiger partial charge in [0.2, 0.25) is 17.7 Å². The summed E-state index contributed by atoms with van der Waals surface area (Å²) in [5.74, 6) is 1.69. The first-order valence-corrected chi connectivity index (χ1v) is 9.02. The molecule has 6 nitrogen and oxygen atoms in total. The number of benzene rings is 2. The van der Waals surface area contributed by atoms with Gasteiger partial charge >= 0.3 is 0 Å². The van der Waals surface area contributed by atoms with Gasteiger partial charge in [-0.1, -0.05) is 24.3 Å². The first-order valence-electron chi connectivity index (χ1n) is 9.02. The number of methoxy groups -OCH3 is 1. The van der Waals surface area contributed by atoms with E-state index in [1.807, 2.05) is 47.4 Å². The fourth-order valence-electron chi connectivity index (χ4n) is 3.51. The van der Waals surface area contributed by atoms with Crippen LogP contribution in [0.5, 0.6) is 5.75 Å². The van der Waals surface area contributed by atoms with E-state index in [2.05, 4.69) is 23.2 Å². The molecular weight excluding hydrogens is 342 g/mol. The van der Waals surface area contributed by atoms with Crippen molar-refractivity contribution in [1.29, 1.82) is 0 Å². The molecule has 0 aliphatic carbocycles. The minimum absolute atomic E-state index is 0.0774. The van der Waals surface area contributed by atoms with E-state index in [4.69, 9.17) is 9.15 Å². The number of rotatable bonds is 5. The molecule has 4 rings (SSSR count). The molecule has 1 aliphatic heterocycles. The number of hydrogen-bond donors (Lipinski definition) is 0. The fraction of sp³-hybridized carbons (Fsp3) is 0.286. The molecule has 3 aromatic rings. The summed E-state index contributed by atoms with van der Waals surface area (Å²) in [6.07, 6.45) is 1.64. The highest BCUT2D eigenvalue weighted by Gasteiger charge is 2.30. The zero-order valence-electron chi connectivity index (χ0n) is 15.4. The van der Waals surface area contributed by atoms with Gasteiger partial charge < -0.3 is 14.1 Å². The van der Waals surface area contributed by atoms with E-state index in [0.29, 0.717) is 24.6 Å². The number of aryl methyl sites for hydroxylation is 1. The predicted octanol–water partition coefficient (Wildman–Crippen LogP) is 3.66. The van der Waals surface area contributed by atoms with E-state index in [9.17, 15) is 4.79 Å². The molecule has 2 aromatic carbocycles. The molecule has 0 saturated heterocycles. The smallest absolute Gasteiger partial charge is 0.247 e. The van der Waals surface area contributed by atoms with Crippen LogP contribution >= 0.6 is 0 Å². The molecular formula is C21H21N3O3. The third-order valence-electron chi connectivity index (χ3n) is 4.81. The number of fused-ring (bicyclic) bond motifs is 1. The van der Waals surface area contributed by atoms with E-state index < -0.39 is 0 Å². The number of anilines is 1. The van der Waals surface area contributed by atoms with Gasteiger partial charge in [-0.05, 0) is 43.2 Å². The van der Waals surface area contributed by atoms with Crippen molar-refractivity contribution in [3.05, 3.63) is 60.0 Å². The van der Waals surface area contributed by atoms with Gasteiger partial charge in [-0.25, -0.2) is 0 Å². The largest absolute Gasteiger partial charge is 0.497 e. The number of ether oxygens (including phenoxy) is 1. The molecule has 0 fully saturated rings. The van der Waals surface area contributed by atoms with Gasteiger partial charge in [-0.3, -0.25) is 4.79 Å². The highest BCUT2D eigenvalue weighted by Crippen LogP contribution is 2.32. The Balaban J connectivity index is 1.44. The monoisotopic (exact) mass is 363 g/mol. The second kappa shape index (κ2) is 7.23. The maximum Gasteiger partial charge on any atom is 0.247 e. The number of para-hydroxylation sites is 1. The molecule has 0 saturated carbocycles. The second-order valence-electron chi connectivity index (χ2n) is 6.68. The first kappa shape index (κ1) is 17.3. The molecule has 0 radical (unpaired) electrons. The van der Waals surface area contributed by atoms with Gasteiger partial charge in [0.1, 0.15) is 5.75 Å².